The number of nitrogens with zero attached hydrogens (tertiary/aromatic N) is 1. The monoisotopic (exact) mass is 274 g/mol. The second kappa shape index (κ2) is 6.02. The number of thioether (sulfide) groups is 1. The number of hydrogen-bond acceptors (Lipinski definition) is 6. The van der Waals surface area contributed by atoms with Gasteiger partial charge in [-0.05, 0) is 13.2 Å². The fourth-order valence-electron chi connectivity index (χ4n) is 1.27. The third-order valence-corrected chi connectivity index (χ3v) is 3.86. The molecule has 1 unspecified atom stereocenters. The number of carbonyl (C=O) groups excluding carboxylic acids is 1. The van der Waals surface area contributed by atoms with Crippen LogP contribution in [0.25, 0.3) is 0 Å². The standard InChI is InChI=1S/C10H14N2O3S2/c1-5(4-16-3)11-10-12-7(9(14)15)8(17-10)6(2)13/h5H,4H2,1-3H3,(H,11,12)(H,14,15). The highest BCUT2D eigenvalue weighted by molar-refractivity contribution is 7.98. The van der Waals surface area contributed by atoms with Crippen LogP contribution in [0.3, 0.4) is 0 Å². The zero-order chi connectivity index (χ0) is 13.0. The van der Waals surface area contributed by atoms with Crippen molar-refractivity contribution in [2.24, 2.45) is 0 Å². The highest BCUT2D eigenvalue weighted by atomic mass is 32.2. The molecule has 17 heavy (non-hydrogen) atoms. The van der Waals surface area contributed by atoms with Crippen molar-refractivity contribution >= 4 is 40.0 Å². The zero-order valence-electron chi connectivity index (χ0n) is 9.81. The average molecular weight is 274 g/mol. The number of aromatic nitrogens is 1. The molecule has 0 radical (unpaired) electrons. The summed E-state index contributed by atoms with van der Waals surface area (Å²) in [6, 6.07) is 0.178. The molecule has 94 valence electrons. The molecule has 0 spiro atoms. The van der Waals surface area contributed by atoms with Crippen molar-refractivity contribution in [3.63, 3.8) is 0 Å². The van der Waals surface area contributed by atoms with Gasteiger partial charge in [-0.2, -0.15) is 11.8 Å². The van der Waals surface area contributed by atoms with Gasteiger partial charge in [0.2, 0.25) is 0 Å². The summed E-state index contributed by atoms with van der Waals surface area (Å²) in [6.45, 7) is 3.32. The Morgan fingerprint density at radius 1 is 1.59 bits per heavy atom. The van der Waals surface area contributed by atoms with Crippen LogP contribution >= 0.6 is 23.1 Å². The summed E-state index contributed by atoms with van der Waals surface area (Å²) in [5, 5.41) is 12.5. The summed E-state index contributed by atoms with van der Waals surface area (Å²) in [5.74, 6) is -0.556. The molecule has 1 aromatic rings. The first-order chi connectivity index (χ1) is 7.95. The van der Waals surface area contributed by atoms with Gasteiger partial charge in [0.25, 0.3) is 0 Å². The first-order valence-corrected chi connectivity index (χ1v) is 7.17. The number of hydrogen-bond donors (Lipinski definition) is 2. The average Bonchev–Trinajstić information content (AvgIpc) is 2.62. The van der Waals surface area contributed by atoms with E-state index in [-0.39, 0.29) is 22.4 Å². The van der Waals surface area contributed by atoms with Gasteiger partial charge in [-0.3, -0.25) is 4.79 Å². The summed E-state index contributed by atoms with van der Waals surface area (Å²) < 4.78 is 0. The molecule has 0 aliphatic heterocycles. The van der Waals surface area contributed by atoms with Gasteiger partial charge < -0.3 is 10.4 Å². The summed E-state index contributed by atoms with van der Waals surface area (Å²) in [4.78, 5) is 26.3. The molecule has 0 bridgehead atoms. The molecule has 0 amide bonds. The molecule has 0 aliphatic rings. The first-order valence-electron chi connectivity index (χ1n) is 4.96. The molecular formula is C10H14N2O3S2. The molecule has 1 rings (SSSR count). The van der Waals surface area contributed by atoms with Crippen LogP contribution in [0, 0.1) is 0 Å². The minimum Gasteiger partial charge on any atom is -0.476 e. The highest BCUT2D eigenvalue weighted by Crippen LogP contribution is 2.24. The molecule has 0 aromatic carbocycles. The van der Waals surface area contributed by atoms with Gasteiger partial charge >= 0.3 is 5.97 Å². The molecule has 0 aliphatic carbocycles. The van der Waals surface area contributed by atoms with E-state index in [9.17, 15) is 9.59 Å². The lowest BCUT2D eigenvalue weighted by atomic mass is 10.3. The summed E-state index contributed by atoms with van der Waals surface area (Å²) in [6.07, 6.45) is 1.99. The summed E-state index contributed by atoms with van der Waals surface area (Å²) in [5.41, 5.74) is -0.165. The van der Waals surface area contributed by atoms with Crippen molar-refractivity contribution in [2.75, 3.05) is 17.3 Å². The van der Waals surface area contributed by atoms with Crippen molar-refractivity contribution in [1.82, 2.24) is 4.98 Å². The maximum Gasteiger partial charge on any atom is 0.356 e. The van der Waals surface area contributed by atoms with E-state index in [1.54, 1.807) is 11.8 Å². The topological polar surface area (TPSA) is 79.3 Å². The number of ketones is 1. The predicted molar refractivity (Wildman–Crippen MR) is 70.5 cm³/mol. The molecule has 0 saturated heterocycles. The predicted octanol–water partition coefficient (Wildman–Crippen LogP) is 2.21. The number of rotatable bonds is 6. The highest BCUT2D eigenvalue weighted by Gasteiger charge is 2.20. The molecular weight excluding hydrogens is 260 g/mol. The third kappa shape index (κ3) is 3.71. The van der Waals surface area contributed by atoms with Gasteiger partial charge in [0.05, 0.1) is 0 Å². The molecule has 7 heteroatoms. The van der Waals surface area contributed by atoms with Crippen molar-refractivity contribution in [1.29, 1.82) is 0 Å². The molecule has 0 fully saturated rings. The maximum absolute atomic E-state index is 11.3. The Kier molecular flexibility index (Phi) is 4.95. The molecule has 2 N–H and O–H groups in total. The fraction of sp³-hybridized carbons (Fsp3) is 0.500. The summed E-state index contributed by atoms with van der Waals surface area (Å²) >= 11 is 2.77. The van der Waals surface area contributed by atoms with Crippen LogP contribution in [0.1, 0.15) is 34.0 Å². The van der Waals surface area contributed by atoms with E-state index in [1.807, 2.05) is 13.2 Å². The van der Waals surface area contributed by atoms with Gasteiger partial charge in [0, 0.05) is 18.7 Å². The lowest BCUT2D eigenvalue weighted by Crippen LogP contribution is -2.17. The Bertz CT molecular complexity index is 400. The molecule has 0 saturated carbocycles. The van der Waals surface area contributed by atoms with E-state index in [0.717, 1.165) is 17.1 Å². The molecule has 1 atom stereocenters. The van der Waals surface area contributed by atoms with Crippen molar-refractivity contribution < 1.29 is 14.7 Å². The van der Waals surface area contributed by atoms with E-state index < -0.39 is 5.97 Å². The Balaban J connectivity index is 2.92. The van der Waals surface area contributed by atoms with E-state index in [4.69, 9.17) is 5.11 Å². The van der Waals surface area contributed by atoms with Crippen LogP contribution in [0.5, 0.6) is 0 Å². The van der Waals surface area contributed by atoms with Crippen LogP contribution in [-0.2, 0) is 0 Å². The van der Waals surface area contributed by atoms with Gasteiger partial charge in [-0.1, -0.05) is 11.3 Å². The number of carboxylic acids is 1. The Hall–Kier alpha value is -1.08. The minimum atomic E-state index is -1.17. The second-order valence-electron chi connectivity index (χ2n) is 3.56. The largest absolute Gasteiger partial charge is 0.476 e. The van der Waals surface area contributed by atoms with Gasteiger partial charge in [0.1, 0.15) is 4.88 Å². The van der Waals surface area contributed by atoms with Crippen LogP contribution in [0.2, 0.25) is 0 Å². The van der Waals surface area contributed by atoms with E-state index in [1.165, 1.54) is 6.92 Å². The first kappa shape index (κ1) is 14.0. The lowest BCUT2D eigenvalue weighted by molar-refractivity contribution is 0.0687. The number of nitrogens with one attached hydrogen (secondary N) is 1. The number of Topliss-reactive ketones (excluding diaryl/α,β-unsaturated/α-hetero) is 1. The van der Waals surface area contributed by atoms with Crippen molar-refractivity contribution in [2.45, 2.75) is 19.9 Å². The fourth-order valence-corrected chi connectivity index (χ4v) is 2.81. The van der Waals surface area contributed by atoms with Gasteiger partial charge in [-0.15, -0.1) is 0 Å². The minimum absolute atomic E-state index is 0.165. The quantitative estimate of drug-likeness (QED) is 0.774. The van der Waals surface area contributed by atoms with Crippen LogP contribution < -0.4 is 5.32 Å². The maximum atomic E-state index is 11.3. The Morgan fingerprint density at radius 2 is 2.24 bits per heavy atom. The Morgan fingerprint density at radius 3 is 2.65 bits per heavy atom. The van der Waals surface area contributed by atoms with Gasteiger partial charge in [0.15, 0.2) is 16.6 Å². The normalized spacial score (nSPS) is 12.2. The number of carbonyl (C=O) groups is 2. The van der Waals surface area contributed by atoms with E-state index in [2.05, 4.69) is 10.3 Å². The molecule has 1 aromatic heterocycles. The van der Waals surface area contributed by atoms with Gasteiger partial charge in [-0.25, -0.2) is 9.78 Å². The number of thiazole rings is 1. The number of anilines is 1. The lowest BCUT2D eigenvalue weighted by Gasteiger charge is -2.10. The zero-order valence-corrected chi connectivity index (χ0v) is 11.4. The number of carboxylic acid groups (broad SMARTS) is 1. The SMILES string of the molecule is CSCC(C)Nc1nc(C(=O)O)c(C(C)=O)s1. The number of aromatic carboxylic acids is 1. The van der Waals surface area contributed by atoms with E-state index in [0.29, 0.717) is 5.13 Å². The van der Waals surface area contributed by atoms with E-state index >= 15 is 0 Å². The third-order valence-electron chi connectivity index (χ3n) is 1.94. The summed E-state index contributed by atoms with van der Waals surface area (Å²) in [7, 11) is 0. The molecule has 5 nitrogen and oxygen atoms in total. The van der Waals surface area contributed by atoms with Crippen LogP contribution in [0.15, 0.2) is 0 Å². The van der Waals surface area contributed by atoms with Crippen LogP contribution in [-0.4, -0.2) is 39.9 Å². The molecule has 1 heterocycles. The van der Waals surface area contributed by atoms with Crippen molar-refractivity contribution in [3.8, 4) is 0 Å². The smallest absolute Gasteiger partial charge is 0.356 e. The van der Waals surface area contributed by atoms with Crippen LogP contribution in [0.4, 0.5) is 5.13 Å². The second-order valence-corrected chi connectivity index (χ2v) is 5.47. The Labute approximate surface area is 108 Å². The van der Waals surface area contributed by atoms with Crippen molar-refractivity contribution in [3.05, 3.63) is 10.6 Å².